The van der Waals surface area contributed by atoms with Crippen molar-refractivity contribution in [3.8, 4) is 0 Å². The molecule has 0 aliphatic rings. The fraction of sp³-hybridized carbons (Fsp3) is 0. The Morgan fingerprint density at radius 3 is 2.84 bits per heavy atom. The third kappa shape index (κ3) is 3.77. The van der Waals surface area contributed by atoms with Crippen LogP contribution in [0, 0.1) is 0 Å². The van der Waals surface area contributed by atoms with Crippen molar-refractivity contribution in [3.05, 3.63) is 63.9 Å². The molecule has 4 nitrogen and oxygen atoms in total. The smallest absolute Gasteiger partial charge is 0.267 e. The number of hydrogen-bond donors (Lipinski definition) is 1. The van der Waals surface area contributed by atoms with Gasteiger partial charge in [0, 0.05) is 23.0 Å². The maximum Gasteiger partial charge on any atom is 0.272 e. The Kier molecular flexibility index (Phi) is 4.49. The molecule has 0 saturated heterocycles. The van der Waals surface area contributed by atoms with Gasteiger partial charge in [-0.25, -0.2) is 5.43 Å². The number of amides is 1. The van der Waals surface area contributed by atoms with Gasteiger partial charge in [-0.3, -0.25) is 9.78 Å². The summed E-state index contributed by atoms with van der Waals surface area (Å²) in [7, 11) is 0. The predicted molar refractivity (Wildman–Crippen MR) is 75.8 cm³/mol. The Hall–Kier alpha value is -1.91. The van der Waals surface area contributed by atoms with Gasteiger partial charge in [0.15, 0.2) is 0 Å². The molecule has 96 valence electrons. The van der Waals surface area contributed by atoms with Crippen LogP contribution in [-0.4, -0.2) is 17.1 Å². The van der Waals surface area contributed by atoms with Gasteiger partial charge < -0.3 is 0 Å². The summed E-state index contributed by atoms with van der Waals surface area (Å²) in [4.78, 5) is 15.5. The van der Waals surface area contributed by atoms with Crippen molar-refractivity contribution < 1.29 is 4.79 Å². The first-order valence-corrected chi connectivity index (χ1v) is 6.11. The van der Waals surface area contributed by atoms with E-state index >= 15 is 0 Å². The summed E-state index contributed by atoms with van der Waals surface area (Å²) in [5.74, 6) is -0.338. The van der Waals surface area contributed by atoms with Crippen LogP contribution in [0.5, 0.6) is 0 Å². The minimum Gasteiger partial charge on any atom is -0.267 e. The third-order valence-electron chi connectivity index (χ3n) is 2.26. The molecule has 2 rings (SSSR count). The van der Waals surface area contributed by atoms with Crippen LogP contribution in [0.2, 0.25) is 10.0 Å². The molecule has 0 unspecified atom stereocenters. The van der Waals surface area contributed by atoms with E-state index < -0.39 is 0 Å². The molecule has 6 heteroatoms. The molecule has 19 heavy (non-hydrogen) atoms. The van der Waals surface area contributed by atoms with Gasteiger partial charge in [-0.2, -0.15) is 5.10 Å². The Morgan fingerprint density at radius 1 is 1.32 bits per heavy atom. The van der Waals surface area contributed by atoms with Gasteiger partial charge in [0.05, 0.1) is 16.8 Å². The molecule has 0 spiro atoms. The molecular formula is C13H9Cl2N3O. The van der Waals surface area contributed by atoms with Crippen molar-refractivity contribution in [2.24, 2.45) is 5.10 Å². The van der Waals surface area contributed by atoms with E-state index in [-0.39, 0.29) is 5.91 Å². The molecule has 1 N–H and O–H groups in total. The lowest BCUT2D eigenvalue weighted by Crippen LogP contribution is -2.17. The van der Waals surface area contributed by atoms with E-state index in [2.05, 4.69) is 15.5 Å². The second-order valence-corrected chi connectivity index (χ2v) is 4.45. The summed E-state index contributed by atoms with van der Waals surface area (Å²) in [6, 6.07) is 8.33. The van der Waals surface area contributed by atoms with Crippen LogP contribution < -0.4 is 5.43 Å². The van der Waals surface area contributed by atoms with E-state index in [4.69, 9.17) is 23.2 Å². The molecule has 0 fully saturated rings. The first kappa shape index (κ1) is 13.5. The highest BCUT2D eigenvalue weighted by Crippen LogP contribution is 2.19. The maximum absolute atomic E-state index is 11.7. The van der Waals surface area contributed by atoms with Crippen molar-refractivity contribution in [2.75, 3.05) is 0 Å². The number of rotatable bonds is 3. The van der Waals surface area contributed by atoms with E-state index in [1.165, 1.54) is 12.4 Å². The largest absolute Gasteiger partial charge is 0.272 e. The third-order valence-corrected chi connectivity index (χ3v) is 2.82. The summed E-state index contributed by atoms with van der Waals surface area (Å²) in [5.41, 5.74) is 3.48. The van der Waals surface area contributed by atoms with E-state index in [1.54, 1.807) is 36.5 Å². The molecule has 0 atom stereocenters. The lowest BCUT2D eigenvalue weighted by Gasteiger charge is -2.00. The minimum atomic E-state index is -0.338. The summed E-state index contributed by atoms with van der Waals surface area (Å²) in [6.07, 6.45) is 4.50. The Bertz CT molecular complexity index is 615. The highest BCUT2D eigenvalue weighted by Gasteiger charge is 2.03. The first-order chi connectivity index (χ1) is 9.16. The molecule has 0 bridgehead atoms. The van der Waals surface area contributed by atoms with Crippen LogP contribution in [0.1, 0.15) is 15.9 Å². The van der Waals surface area contributed by atoms with E-state index in [0.29, 0.717) is 21.2 Å². The second-order valence-electron chi connectivity index (χ2n) is 3.61. The van der Waals surface area contributed by atoms with Crippen molar-refractivity contribution >= 4 is 35.3 Å². The summed E-state index contributed by atoms with van der Waals surface area (Å²) < 4.78 is 0. The monoisotopic (exact) mass is 293 g/mol. The number of nitrogens with zero attached hydrogens (tertiary/aromatic N) is 2. The quantitative estimate of drug-likeness (QED) is 0.698. The van der Waals surface area contributed by atoms with Gasteiger partial charge >= 0.3 is 0 Å². The van der Waals surface area contributed by atoms with Gasteiger partial charge in [0.2, 0.25) is 0 Å². The number of pyridine rings is 1. The average molecular weight is 294 g/mol. The minimum absolute atomic E-state index is 0.338. The van der Waals surface area contributed by atoms with Crippen LogP contribution in [0.3, 0.4) is 0 Å². The summed E-state index contributed by atoms with van der Waals surface area (Å²) in [5, 5.41) is 4.84. The molecule has 2 aromatic rings. The zero-order chi connectivity index (χ0) is 13.7. The molecule has 1 aromatic carbocycles. The number of hydrazone groups is 1. The number of carbonyl (C=O) groups is 1. The van der Waals surface area contributed by atoms with Crippen molar-refractivity contribution in [1.82, 2.24) is 10.4 Å². The van der Waals surface area contributed by atoms with E-state index in [1.807, 2.05) is 0 Å². The highest BCUT2D eigenvalue weighted by atomic mass is 35.5. The van der Waals surface area contributed by atoms with Crippen LogP contribution in [0.15, 0.2) is 47.8 Å². The molecule has 1 amide bonds. The van der Waals surface area contributed by atoms with E-state index in [0.717, 1.165) is 0 Å². The first-order valence-electron chi connectivity index (χ1n) is 5.35. The zero-order valence-corrected chi connectivity index (χ0v) is 11.2. The molecule has 0 radical (unpaired) electrons. The fourth-order valence-electron chi connectivity index (χ4n) is 1.33. The summed E-state index contributed by atoms with van der Waals surface area (Å²) >= 11 is 11.7. The lowest BCUT2D eigenvalue weighted by atomic mass is 10.2. The summed E-state index contributed by atoms with van der Waals surface area (Å²) in [6.45, 7) is 0. The Balaban J connectivity index is 2.02. The standard InChI is InChI=1S/C13H9Cl2N3O/c14-11-4-3-9(12(15)6-11)8-17-18-13(19)10-2-1-5-16-7-10/h1-8H,(H,18,19)/b17-8+. The number of halogens is 2. The van der Waals surface area contributed by atoms with Crippen LogP contribution in [-0.2, 0) is 0 Å². The molecule has 0 aliphatic carbocycles. The maximum atomic E-state index is 11.7. The molecule has 0 aliphatic heterocycles. The lowest BCUT2D eigenvalue weighted by molar-refractivity contribution is 0.0955. The average Bonchev–Trinajstić information content (AvgIpc) is 2.42. The Labute approximate surface area is 120 Å². The molecule has 1 heterocycles. The number of aromatic nitrogens is 1. The normalized spacial score (nSPS) is 10.6. The van der Waals surface area contributed by atoms with Crippen molar-refractivity contribution in [3.63, 3.8) is 0 Å². The number of benzene rings is 1. The molecule has 0 saturated carbocycles. The fourth-order valence-corrected chi connectivity index (χ4v) is 1.79. The van der Waals surface area contributed by atoms with Gasteiger partial charge in [0.1, 0.15) is 0 Å². The SMILES string of the molecule is O=C(N/N=C/c1ccc(Cl)cc1Cl)c1cccnc1. The number of carbonyl (C=O) groups excluding carboxylic acids is 1. The van der Waals surface area contributed by atoms with Crippen molar-refractivity contribution in [1.29, 1.82) is 0 Å². The predicted octanol–water partition coefficient (Wildman–Crippen LogP) is 3.15. The van der Waals surface area contributed by atoms with E-state index in [9.17, 15) is 4.79 Å². The highest BCUT2D eigenvalue weighted by molar-refractivity contribution is 6.36. The van der Waals surface area contributed by atoms with Gasteiger partial charge in [-0.15, -0.1) is 0 Å². The van der Waals surface area contributed by atoms with Crippen molar-refractivity contribution in [2.45, 2.75) is 0 Å². The molecule has 1 aromatic heterocycles. The van der Waals surface area contributed by atoms with Crippen LogP contribution in [0.4, 0.5) is 0 Å². The van der Waals surface area contributed by atoms with Crippen LogP contribution in [0.25, 0.3) is 0 Å². The number of hydrogen-bond acceptors (Lipinski definition) is 3. The van der Waals surface area contributed by atoms with Gasteiger partial charge in [0.25, 0.3) is 5.91 Å². The van der Waals surface area contributed by atoms with Gasteiger partial charge in [-0.05, 0) is 24.3 Å². The zero-order valence-electron chi connectivity index (χ0n) is 9.68. The van der Waals surface area contributed by atoms with Crippen LogP contribution >= 0.6 is 23.2 Å². The molecular weight excluding hydrogens is 285 g/mol. The second kappa shape index (κ2) is 6.31. The Morgan fingerprint density at radius 2 is 2.16 bits per heavy atom. The van der Waals surface area contributed by atoms with Gasteiger partial charge in [-0.1, -0.05) is 29.3 Å². The number of nitrogens with one attached hydrogen (secondary N) is 1. The topological polar surface area (TPSA) is 54.4 Å².